The maximum Gasteiger partial charge on any atom is 0.243 e. The van der Waals surface area contributed by atoms with Crippen molar-refractivity contribution in [1.82, 2.24) is 5.32 Å². The average molecular weight is 183 g/mol. The van der Waals surface area contributed by atoms with E-state index in [1.54, 1.807) is 13.2 Å². The molecule has 1 rings (SSSR count). The molecule has 74 valence electrons. The lowest BCUT2D eigenvalue weighted by molar-refractivity contribution is -0.116. The Bertz CT molecular complexity index is 185. The third kappa shape index (κ3) is 5.42. The average Bonchev–Trinajstić information content (AvgIpc) is 2.92. The van der Waals surface area contributed by atoms with Crippen LogP contribution in [-0.4, -0.2) is 26.2 Å². The van der Waals surface area contributed by atoms with E-state index in [-0.39, 0.29) is 5.91 Å². The molecule has 0 aromatic heterocycles. The second-order valence-electron chi connectivity index (χ2n) is 3.37. The first kappa shape index (κ1) is 10.3. The summed E-state index contributed by atoms with van der Waals surface area (Å²) in [6, 6.07) is 0. The second kappa shape index (κ2) is 5.75. The van der Waals surface area contributed by atoms with Crippen LogP contribution in [0.5, 0.6) is 0 Å². The highest BCUT2D eigenvalue weighted by molar-refractivity contribution is 5.87. The highest BCUT2D eigenvalue weighted by Crippen LogP contribution is 2.27. The molecule has 3 heteroatoms. The predicted molar refractivity (Wildman–Crippen MR) is 51.4 cm³/mol. The third-order valence-electron chi connectivity index (χ3n) is 2.02. The molecular formula is C10H17NO2. The largest absolute Gasteiger partial charge is 0.384 e. The van der Waals surface area contributed by atoms with Gasteiger partial charge < -0.3 is 10.1 Å². The molecule has 3 nitrogen and oxygen atoms in total. The van der Waals surface area contributed by atoms with E-state index in [9.17, 15) is 4.79 Å². The van der Waals surface area contributed by atoms with Crippen LogP contribution in [0.3, 0.4) is 0 Å². The summed E-state index contributed by atoms with van der Waals surface area (Å²) in [4.78, 5) is 11.1. The van der Waals surface area contributed by atoms with E-state index in [0.29, 0.717) is 6.61 Å². The maximum absolute atomic E-state index is 11.1. The summed E-state index contributed by atoms with van der Waals surface area (Å²) in [7, 11) is 1.65. The second-order valence-corrected chi connectivity index (χ2v) is 3.37. The van der Waals surface area contributed by atoms with E-state index in [1.807, 2.05) is 6.08 Å². The quantitative estimate of drug-likeness (QED) is 0.495. The number of methoxy groups -OCH3 is 1. The van der Waals surface area contributed by atoms with Crippen molar-refractivity contribution in [1.29, 1.82) is 0 Å². The summed E-state index contributed by atoms with van der Waals surface area (Å²) in [5.41, 5.74) is 0. The van der Waals surface area contributed by atoms with Crippen LogP contribution in [0.4, 0.5) is 0 Å². The number of amides is 1. The van der Waals surface area contributed by atoms with Gasteiger partial charge in [0, 0.05) is 20.3 Å². The Balaban J connectivity index is 1.98. The first-order valence-electron chi connectivity index (χ1n) is 4.76. The van der Waals surface area contributed by atoms with E-state index in [2.05, 4.69) is 5.32 Å². The number of rotatable bonds is 6. The van der Waals surface area contributed by atoms with Gasteiger partial charge in [-0.15, -0.1) is 0 Å². The minimum Gasteiger partial charge on any atom is -0.384 e. The van der Waals surface area contributed by atoms with Crippen LogP contribution in [0, 0.1) is 5.92 Å². The number of hydrogen-bond donors (Lipinski definition) is 1. The van der Waals surface area contributed by atoms with Gasteiger partial charge in [0.05, 0.1) is 0 Å². The fraction of sp³-hybridized carbons (Fsp3) is 0.700. The molecule has 0 radical (unpaired) electrons. The summed E-state index contributed by atoms with van der Waals surface area (Å²) >= 11 is 0. The minimum atomic E-state index is 0.0167. The Kier molecular flexibility index (Phi) is 4.54. The molecule has 1 fully saturated rings. The van der Waals surface area contributed by atoms with E-state index < -0.39 is 0 Å². The lowest BCUT2D eigenvalue weighted by atomic mass is 10.3. The first-order chi connectivity index (χ1) is 6.33. The SMILES string of the molecule is COCC/C=C/C(=O)NCC1CC1. The van der Waals surface area contributed by atoms with Crippen molar-refractivity contribution in [2.24, 2.45) is 5.92 Å². The molecule has 0 aliphatic heterocycles. The van der Waals surface area contributed by atoms with Crippen LogP contribution in [0.15, 0.2) is 12.2 Å². The maximum atomic E-state index is 11.1. The van der Waals surface area contributed by atoms with Crippen LogP contribution >= 0.6 is 0 Å². The normalized spacial score (nSPS) is 16.4. The molecule has 1 N–H and O–H groups in total. The van der Waals surface area contributed by atoms with Gasteiger partial charge in [0.15, 0.2) is 0 Å². The molecule has 0 bridgehead atoms. The Hall–Kier alpha value is -0.830. The summed E-state index contributed by atoms with van der Waals surface area (Å²) in [6.07, 6.45) is 6.77. The lowest BCUT2D eigenvalue weighted by Gasteiger charge is -1.98. The van der Waals surface area contributed by atoms with E-state index in [0.717, 1.165) is 18.9 Å². The molecule has 0 aromatic carbocycles. The standard InChI is InChI=1S/C10H17NO2/c1-13-7-3-2-4-10(12)11-8-9-5-6-9/h2,4,9H,3,5-8H2,1H3,(H,11,12)/b4-2+. The topological polar surface area (TPSA) is 38.3 Å². The number of hydrogen-bond acceptors (Lipinski definition) is 2. The molecule has 0 atom stereocenters. The predicted octanol–water partition coefficient (Wildman–Crippen LogP) is 1.11. The van der Waals surface area contributed by atoms with E-state index in [4.69, 9.17) is 4.74 Å². The van der Waals surface area contributed by atoms with Crippen molar-refractivity contribution < 1.29 is 9.53 Å². The fourth-order valence-corrected chi connectivity index (χ4v) is 1.00. The van der Waals surface area contributed by atoms with Gasteiger partial charge in [0.25, 0.3) is 0 Å². The van der Waals surface area contributed by atoms with Crippen molar-refractivity contribution in [3.8, 4) is 0 Å². The molecule has 1 amide bonds. The summed E-state index contributed by atoms with van der Waals surface area (Å²) < 4.78 is 4.85. The van der Waals surface area contributed by atoms with Crippen molar-refractivity contribution in [3.05, 3.63) is 12.2 Å². The third-order valence-corrected chi connectivity index (χ3v) is 2.02. The molecule has 13 heavy (non-hydrogen) atoms. The van der Waals surface area contributed by atoms with Crippen LogP contribution in [-0.2, 0) is 9.53 Å². The van der Waals surface area contributed by atoms with Crippen LogP contribution in [0.2, 0.25) is 0 Å². The highest BCUT2D eigenvalue weighted by Gasteiger charge is 2.20. The van der Waals surface area contributed by atoms with Crippen molar-refractivity contribution in [2.45, 2.75) is 19.3 Å². The Labute approximate surface area is 79.2 Å². The van der Waals surface area contributed by atoms with Crippen LogP contribution in [0.25, 0.3) is 0 Å². The Morgan fingerprint density at radius 2 is 2.38 bits per heavy atom. The number of nitrogens with one attached hydrogen (secondary N) is 1. The monoisotopic (exact) mass is 183 g/mol. The molecule has 0 heterocycles. The van der Waals surface area contributed by atoms with Crippen molar-refractivity contribution >= 4 is 5.91 Å². The highest BCUT2D eigenvalue weighted by atomic mass is 16.5. The molecule has 0 spiro atoms. The van der Waals surface area contributed by atoms with Gasteiger partial charge in [0.2, 0.25) is 5.91 Å². The zero-order valence-electron chi connectivity index (χ0n) is 8.08. The van der Waals surface area contributed by atoms with Crippen molar-refractivity contribution in [2.75, 3.05) is 20.3 Å². The fourth-order valence-electron chi connectivity index (χ4n) is 1.00. The zero-order valence-corrected chi connectivity index (χ0v) is 8.08. The van der Waals surface area contributed by atoms with Gasteiger partial charge in [-0.25, -0.2) is 0 Å². The van der Waals surface area contributed by atoms with Gasteiger partial charge in [-0.05, 0) is 31.3 Å². The van der Waals surface area contributed by atoms with Gasteiger partial charge >= 0.3 is 0 Å². The number of ether oxygens (including phenoxy) is 1. The summed E-state index contributed by atoms with van der Waals surface area (Å²) in [5.74, 6) is 0.763. The summed E-state index contributed by atoms with van der Waals surface area (Å²) in [5, 5.41) is 2.85. The Morgan fingerprint density at radius 1 is 1.62 bits per heavy atom. The van der Waals surface area contributed by atoms with Crippen LogP contribution in [0.1, 0.15) is 19.3 Å². The van der Waals surface area contributed by atoms with Crippen LogP contribution < -0.4 is 5.32 Å². The van der Waals surface area contributed by atoms with E-state index in [1.165, 1.54) is 12.8 Å². The van der Waals surface area contributed by atoms with Crippen molar-refractivity contribution in [3.63, 3.8) is 0 Å². The number of carbonyl (C=O) groups excluding carboxylic acids is 1. The van der Waals surface area contributed by atoms with Gasteiger partial charge in [-0.2, -0.15) is 0 Å². The molecule has 0 saturated heterocycles. The van der Waals surface area contributed by atoms with E-state index >= 15 is 0 Å². The smallest absolute Gasteiger partial charge is 0.243 e. The Morgan fingerprint density at radius 3 is 3.00 bits per heavy atom. The molecule has 1 aliphatic carbocycles. The molecule has 1 aliphatic rings. The first-order valence-corrected chi connectivity index (χ1v) is 4.76. The molecule has 1 saturated carbocycles. The van der Waals surface area contributed by atoms with Gasteiger partial charge in [-0.1, -0.05) is 6.08 Å². The number of carbonyl (C=O) groups is 1. The molecule has 0 unspecified atom stereocenters. The minimum absolute atomic E-state index is 0.0167. The van der Waals surface area contributed by atoms with Gasteiger partial charge in [-0.3, -0.25) is 4.79 Å². The molecular weight excluding hydrogens is 166 g/mol. The molecule has 0 aromatic rings. The lowest BCUT2D eigenvalue weighted by Crippen LogP contribution is -2.23. The summed E-state index contributed by atoms with van der Waals surface area (Å²) in [6.45, 7) is 1.51. The zero-order chi connectivity index (χ0) is 9.52. The van der Waals surface area contributed by atoms with Gasteiger partial charge in [0.1, 0.15) is 0 Å².